The second-order valence-corrected chi connectivity index (χ2v) is 11.5. The van der Waals surface area contributed by atoms with Crippen molar-refractivity contribution in [3.05, 3.63) is 18.2 Å². The minimum Gasteiger partial charge on any atom is -0.454 e. The highest BCUT2D eigenvalue weighted by atomic mass is 32.2. The first-order valence-corrected chi connectivity index (χ1v) is 14.3. The molecule has 1 aromatic carbocycles. The highest BCUT2D eigenvalue weighted by Gasteiger charge is 2.44. The van der Waals surface area contributed by atoms with Crippen molar-refractivity contribution >= 4 is 16.1 Å². The van der Waals surface area contributed by atoms with Gasteiger partial charge in [-0.05, 0) is 37.8 Å². The van der Waals surface area contributed by atoms with E-state index in [-0.39, 0.29) is 43.2 Å². The second-order valence-electron chi connectivity index (χ2n) is 9.71. The summed E-state index contributed by atoms with van der Waals surface area (Å²) in [6, 6.07) is 3.55. The lowest BCUT2D eigenvalue weighted by Gasteiger charge is -2.30. The van der Waals surface area contributed by atoms with Crippen LogP contribution in [0.1, 0.15) is 45.4 Å². The lowest BCUT2D eigenvalue weighted by molar-refractivity contribution is -0.145. The Kier molecular flexibility index (Phi) is 8.07. The number of amides is 1. The minimum absolute atomic E-state index is 0.0151. The molecule has 0 radical (unpaired) electrons. The predicted octanol–water partition coefficient (Wildman–Crippen LogP) is 1.91. The van der Waals surface area contributed by atoms with Crippen LogP contribution in [0.5, 0.6) is 11.5 Å². The Labute approximate surface area is 216 Å². The zero-order chi connectivity index (χ0) is 26.0. The smallest absolute Gasteiger partial charge is 0.407 e. The zero-order valence-electron chi connectivity index (χ0n) is 20.7. The van der Waals surface area contributed by atoms with E-state index in [1.165, 1.54) is 18.2 Å². The maximum absolute atomic E-state index is 13.6. The molecule has 13 heteroatoms. The average molecular weight is 543 g/mol. The predicted molar refractivity (Wildman–Crippen MR) is 127 cm³/mol. The summed E-state index contributed by atoms with van der Waals surface area (Å²) in [5.74, 6) is 0.765. The number of hydroxylamine groups is 1. The van der Waals surface area contributed by atoms with Crippen LogP contribution in [0.25, 0.3) is 0 Å². The van der Waals surface area contributed by atoms with Crippen molar-refractivity contribution in [2.75, 3.05) is 26.6 Å². The highest BCUT2D eigenvalue weighted by Crippen LogP contribution is 2.36. The molecule has 0 bridgehead atoms. The van der Waals surface area contributed by atoms with Gasteiger partial charge in [-0.2, -0.15) is 0 Å². The molecule has 2 N–H and O–H groups in total. The van der Waals surface area contributed by atoms with Crippen LogP contribution in [0.3, 0.4) is 0 Å². The van der Waals surface area contributed by atoms with Crippen LogP contribution in [-0.4, -0.2) is 81.3 Å². The summed E-state index contributed by atoms with van der Waals surface area (Å²) in [5.41, 5.74) is 0. The average Bonchev–Trinajstić information content (AvgIpc) is 3.68. The molecule has 3 aliphatic heterocycles. The second kappa shape index (κ2) is 11.3. The SMILES string of the molecule is CC[C@H](NC(=O)OC1CO[C@H]2OCC[C@@H]12)[C@H](O)CN(OC1CCCC1)S(=O)(=O)c1ccc2c(c1)OCO2. The van der Waals surface area contributed by atoms with Crippen molar-refractivity contribution in [1.29, 1.82) is 0 Å². The van der Waals surface area contributed by atoms with Crippen molar-refractivity contribution in [1.82, 2.24) is 9.79 Å². The number of aliphatic hydroxyl groups excluding tert-OH is 1. The van der Waals surface area contributed by atoms with Crippen LogP contribution in [0.15, 0.2) is 23.1 Å². The third kappa shape index (κ3) is 5.81. The van der Waals surface area contributed by atoms with Gasteiger partial charge in [-0.15, -0.1) is 0 Å². The molecule has 1 saturated carbocycles. The van der Waals surface area contributed by atoms with Gasteiger partial charge in [-0.25, -0.2) is 13.2 Å². The molecule has 206 valence electrons. The van der Waals surface area contributed by atoms with Crippen molar-refractivity contribution in [3.63, 3.8) is 0 Å². The molecule has 1 aliphatic carbocycles. The molecular weight excluding hydrogens is 508 g/mol. The number of hydrogen-bond acceptors (Lipinski definition) is 10. The summed E-state index contributed by atoms with van der Waals surface area (Å²) in [6.07, 6.45) is 1.38. The number of fused-ring (bicyclic) bond motifs is 2. The van der Waals surface area contributed by atoms with E-state index in [0.717, 1.165) is 36.6 Å². The van der Waals surface area contributed by atoms with Crippen LogP contribution in [-0.2, 0) is 29.1 Å². The number of nitrogens with zero attached hydrogens (tertiary/aromatic N) is 1. The fourth-order valence-electron chi connectivity index (χ4n) is 5.13. The number of sulfonamides is 1. The van der Waals surface area contributed by atoms with E-state index in [0.29, 0.717) is 24.5 Å². The fourth-order valence-corrected chi connectivity index (χ4v) is 6.45. The molecule has 5 atom stereocenters. The van der Waals surface area contributed by atoms with Crippen LogP contribution in [0.2, 0.25) is 0 Å². The minimum atomic E-state index is -4.16. The van der Waals surface area contributed by atoms with Gasteiger partial charge in [0.05, 0.1) is 48.8 Å². The molecule has 37 heavy (non-hydrogen) atoms. The Bertz CT molecular complexity index is 1060. The van der Waals surface area contributed by atoms with E-state index in [9.17, 15) is 18.3 Å². The molecule has 12 nitrogen and oxygen atoms in total. The van der Waals surface area contributed by atoms with E-state index in [2.05, 4.69) is 5.32 Å². The molecule has 0 spiro atoms. The number of carbonyl (C=O) groups excluding carboxylic acids is 1. The highest BCUT2D eigenvalue weighted by molar-refractivity contribution is 7.89. The number of rotatable bonds is 10. The molecule has 1 amide bonds. The quantitative estimate of drug-likeness (QED) is 0.421. The van der Waals surface area contributed by atoms with E-state index < -0.39 is 34.4 Å². The number of alkyl carbamates (subject to hydrolysis) is 1. The maximum atomic E-state index is 13.6. The molecule has 3 heterocycles. The van der Waals surface area contributed by atoms with Gasteiger partial charge in [-0.1, -0.05) is 24.2 Å². The van der Waals surface area contributed by atoms with E-state index in [1.807, 2.05) is 0 Å². The van der Waals surface area contributed by atoms with E-state index >= 15 is 0 Å². The number of nitrogens with one attached hydrogen (secondary N) is 1. The molecule has 0 aromatic heterocycles. The third-order valence-corrected chi connectivity index (χ3v) is 8.89. The Hall–Kier alpha value is -2.16. The van der Waals surface area contributed by atoms with Crippen molar-refractivity contribution < 1.29 is 46.8 Å². The summed E-state index contributed by atoms with van der Waals surface area (Å²) in [7, 11) is -4.16. The summed E-state index contributed by atoms with van der Waals surface area (Å²) in [4.78, 5) is 18.5. The van der Waals surface area contributed by atoms with Gasteiger partial charge in [-0.3, -0.25) is 4.84 Å². The van der Waals surface area contributed by atoms with E-state index in [4.69, 9.17) is 28.5 Å². The largest absolute Gasteiger partial charge is 0.454 e. The normalized spacial score (nSPS) is 26.8. The van der Waals surface area contributed by atoms with Gasteiger partial charge in [0.2, 0.25) is 6.79 Å². The summed E-state index contributed by atoms with van der Waals surface area (Å²) in [5, 5.41) is 13.7. The molecule has 5 rings (SSSR count). The molecule has 1 unspecified atom stereocenters. The summed E-state index contributed by atoms with van der Waals surface area (Å²) in [6.45, 7) is 2.22. The first kappa shape index (κ1) is 26.4. The Morgan fingerprint density at radius 1 is 1.19 bits per heavy atom. The molecule has 1 aromatic rings. The van der Waals surface area contributed by atoms with Crippen molar-refractivity contribution in [3.8, 4) is 11.5 Å². The summed E-state index contributed by atoms with van der Waals surface area (Å²) < 4.78 is 55.1. The van der Waals surface area contributed by atoms with Crippen molar-refractivity contribution in [2.24, 2.45) is 5.92 Å². The van der Waals surface area contributed by atoms with Crippen LogP contribution >= 0.6 is 0 Å². The number of hydrogen-bond donors (Lipinski definition) is 2. The van der Waals surface area contributed by atoms with Gasteiger partial charge >= 0.3 is 6.09 Å². The first-order valence-electron chi connectivity index (χ1n) is 12.8. The summed E-state index contributed by atoms with van der Waals surface area (Å²) >= 11 is 0. The Morgan fingerprint density at radius 2 is 1.97 bits per heavy atom. The lowest BCUT2D eigenvalue weighted by Crippen LogP contribution is -2.50. The lowest BCUT2D eigenvalue weighted by atomic mass is 10.0. The topological polar surface area (TPSA) is 142 Å². The van der Waals surface area contributed by atoms with Crippen LogP contribution in [0.4, 0.5) is 4.79 Å². The Morgan fingerprint density at radius 3 is 2.76 bits per heavy atom. The standard InChI is InChI=1S/C24H34N2O10S/c1-2-18(25-24(28)35-22-13-32-23-17(22)9-10-31-23)19(27)12-26(36-15-5-3-4-6-15)37(29,30)16-7-8-20-21(11-16)34-14-33-20/h7-8,11,15,17-19,22-23,27H,2-6,9-10,12-14H2,1H3,(H,25,28)/t17-,18-,19+,22?,23+/m0/s1. The fraction of sp³-hybridized carbons (Fsp3) is 0.708. The number of carbonyl (C=O) groups is 1. The van der Waals surface area contributed by atoms with Gasteiger partial charge < -0.3 is 34.1 Å². The monoisotopic (exact) mass is 542 g/mol. The molecule has 2 saturated heterocycles. The first-order chi connectivity index (χ1) is 17.8. The van der Waals surface area contributed by atoms with Gasteiger partial charge in [0, 0.05) is 6.07 Å². The number of aliphatic hydroxyl groups is 1. The Balaban J connectivity index is 1.26. The van der Waals surface area contributed by atoms with Crippen molar-refractivity contribution in [2.45, 2.75) is 81.0 Å². The van der Waals surface area contributed by atoms with Gasteiger partial charge in [0.25, 0.3) is 10.0 Å². The van der Waals surface area contributed by atoms with Crippen LogP contribution < -0.4 is 14.8 Å². The van der Waals surface area contributed by atoms with Gasteiger partial charge in [0.15, 0.2) is 17.8 Å². The van der Waals surface area contributed by atoms with E-state index in [1.54, 1.807) is 6.92 Å². The third-order valence-electron chi connectivity index (χ3n) is 7.27. The molecule has 4 aliphatic rings. The van der Waals surface area contributed by atoms with Gasteiger partial charge in [0.1, 0.15) is 6.10 Å². The number of benzene rings is 1. The maximum Gasteiger partial charge on any atom is 0.407 e. The zero-order valence-corrected chi connectivity index (χ0v) is 21.6. The number of ether oxygens (including phenoxy) is 5. The molecule has 3 fully saturated rings. The molecular formula is C24H34N2O10S. The van der Waals surface area contributed by atoms with Crippen LogP contribution in [0, 0.1) is 5.92 Å².